The highest BCUT2D eigenvalue weighted by molar-refractivity contribution is 5.96. The molecule has 0 aliphatic heterocycles. The lowest BCUT2D eigenvalue weighted by Crippen LogP contribution is -2.16. The summed E-state index contributed by atoms with van der Waals surface area (Å²) >= 11 is 0. The van der Waals surface area contributed by atoms with E-state index in [1.54, 1.807) is 18.3 Å². The van der Waals surface area contributed by atoms with Crippen LogP contribution in [0.1, 0.15) is 5.56 Å². The van der Waals surface area contributed by atoms with Gasteiger partial charge in [0.25, 0.3) is 0 Å². The Kier molecular flexibility index (Phi) is 3.51. The van der Waals surface area contributed by atoms with Crippen LogP contribution in [0.5, 0.6) is 0 Å². The molecule has 0 fully saturated rings. The number of anilines is 1. The van der Waals surface area contributed by atoms with E-state index < -0.39 is 0 Å². The molecular weight excluding hydrogens is 304 g/mol. The number of nitrogens with zero attached hydrogens (tertiary/aromatic N) is 4. The molecule has 0 spiro atoms. The van der Waals surface area contributed by atoms with Gasteiger partial charge in [0.15, 0.2) is 5.82 Å². The van der Waals surface area contributed by atoms with Crippen molar-refractivity contribution in [1.82, 2.24) is 24.7 Å². The van der Waals surface area contributed by atoms with Crippen molar-refractivity contribution >= 4 is 22.5 Å². The van der Waals surface area contributed by atoms with Gasteiger partial charge in [-0.3, -0.25) is 4.79 Å². The molecule has 0 unspecified atom stereocenters. The molecule has 3 heterocycles. The molecule has 4 aromatic rings. The van der Waals surface area contributed by atoms with Crippen molar-refractivity contribution in [1.29, 1.82) is 0 Å². The predicted molar refractivity (Wildman–Crippen MR) is 89.8 cm³/mol. The van der Waals surface area contributed by atoms with Gasteiger partial charge in [0.05, 0.1) is 12.1 Å². The first-order valence-corrected chi connectivity index (χ1v) is 7.46. The first-order chi connectivity index (χ1) is 11.8. The van der Waals surface area contributed by atoms with Gasteiger partial charge in [-0.25, -0.2) is 14.6 Å². The fourth-order valence-corrected chi connectivity index (χ4v) is 2.64. The Morgan fingerprint density at radius 2 is 2.12 bits per heavy atom. The largest absolute Gasteiger partial charge is 0.361 e. The molecule has 7 heteroatoms. The van der Waals surface area contributed by atoms with Gasteiger partial charge < -0.3 is 10.3 Å². The first kappa shape index (κ1) is 14.1. The lowest BCUT2D eigenvalue weighted by Gasteiger charge is -2.09. The Morgan fingerprint density at radius 3 is 3.00 bits per heavy atom. The van der Waals surface area contributed by atoms with Gasteiger partial charge in [-0.15, -0.1) is 0 Å². The second-order valence-corrected chi connectivity index (χ2v) is 5.30. The van der Waals surface area contributed by atoms with E-state index in [1.165, 1.54) is 17.3 Å². The molecular formula is C17H14N6O. The van der Waals surface area contributed by atoms with Gasteiger partial charge in [-0.1, -0.05) is 18.2 Å². The smallest absolute Gasteiger partial charge is 0.228 e. The summed E-state index contributed by atoms with van der Waals surface area (Å²) in [4.78, 5) is 23.8. The Morgan fingerprint density at radius 1 is 1.21 bits per heavy atom. The van der Waals surface area contributed by atoms with E-state index in [2.05, 4.69) is 25.4 Å². The SMILES string of the molecule is O=C(Cc1c[nH]c2ccccc12)Nc1cccnc1-n1cncn1. The molecule has 1 amide bonds. The molecule has 1 aromatic carbocycles. The highest BCUT2D eigenvalue weighted by atomic mass is 16.1. The molecule has 0 saturated carbocycles. The number of nitrogens with one attached hydrogen (secondary N) is 2. The highest BCUT2D eigenvalue weighted by Gasteiger charge is 2.12. The Bertz CT molecular complexity index is 989. The van der Waals surface area contributed by atoms with Crippen LogP contribution in [0.3, 0.4) is 0 Å². The minimum Gasteiger partial charge on any atom is -0.361 e. The topological polar surface area (TPSA) is 88.5 Å². The molecule has 4 rings (SSSR count). The molecule has 0 atom stereocenters. The molecule has 0 bridgehead atoms. The Labute approximate surface area is 137 Å². The van der Waals surface area contributed by atoms with Crippen molar-refractivity contribution in [2.75, 3.05) is 5.32 Å². The molecule has 0 aliphatic rings. The highest BCUT2D eigenvalue weighted by Crippen LogP contribution is 2.20. The summed E-state index contributed by atoms with van der Waals surface area (Å²) in [7, 11) is 0. The summed E-state index contributed by atoms with van der Waals surface area (Å²) in [5, 5.41) is 8.01. The third kappa shape index (κ3) is 2.63. The average molecular weight is 318 g/mol. The van der Waals surface area contributed by atoms with Crippen LogP contribution in [0.2, 0.25) is 0 Å². The molecule has 0 aliphatic carbocycles. The van der Waals surface area contributed by atoms with Crippen LogP contribution in [0.15, 0.2) is 61.4 Å². The van der Waals surface area contributed by atoms with Crippen LogP contribution in [0.4, 0.5) is 5.69 Å². The molecule has 24 heavy (non-hydrogen) atoms. The van der Waals surface area contributed by atoms with E-state index in [1.807, 2.05) is 30.5 Å². The van der Waals surface area contributed by atoms with E-state index in [0.717, 1.165) is 16.5 Å². The maximum Gasteiger partial charge on any atom is 0.228 e. The van der Waals surface area contributed by atoms with E-state index in [0.29, 0.717) is 11.5 Å². The fourth-order valence-electron chi connectivity index (χ4n) is 2.64. The normalized spacial score (nSPS) is 10.8. The Hall–Kier alpha value is -3.48. The second-order valence-electron chi connectivity index (χ2n) is 5.30. The number of rotatable bonds is 4. The standard InChI is InChI=1S/C17H14N6O/c24-16(8-12-9-20-14-5-2-1-4-13(12)14)22-15-6-3-7-19-17(15)23-11-18-10-21-23/h1-7,9-11,20H,8H2,(H,22,24). The zero-order valence-electron chi connectivity index (χ0n) is 12.7. The van der Waals surface area contributed by atoms with Crippen LogP contribution >= 0.6 is 0 Å². The van der Waals surface area contributed by atoms with E-state index >= 15 is 0 Å². The quantitative estimate of drug-likeness (QED) is 0.604. The van der Waals surface area contributed by atoms with E-state index in [9.17, 15) is 4.79 Å². The number of carbonyl (C=O) groups excluding carboxylic acids is 1. The summed E-state index contributed by atoms with van der Waals surface area (Å²) in [6.07, 6.45) is 6.75. The summed E-state index contributed by atoms with van der Waals surface area (Å²) in [5.74, 6) is 0.413. The summed E-state index contributed by atoms with van der Waals surface area (Å²) in [6.45, 7) is 0. The van der Waals surface area contributed by atoms with Gasteiger partial charge in [0.2, 0.25) is 5.91 Å². The van der Waals surface area contributed by atoms with Crippen LogP contribution in [-0.2, 0) is 11.2 Å². The lowest BCUT2D eigenvalue weighted by atomic mass is 10.1. The lowest BCUT2D eigenvalue weighted by molar-refractivity contribution is -0.115. The summed E-state index contributed by atoms with van der Waals surface area (Å²) in [5.41, 5.74) is 2.56. The maximum absolute atomic E-state index is 12.4. The van der Waals surface area contributed by atoms with Crippen molar-refractivity contribution in [3.63, 3.8) is 0 Å². The number of H-pyrrole nitrogens is 1. The predicted octanol–water partition coefficient (Wildman–Crippen LogP) is 2.32. The van der Waals surface area contributed by atoms with Crippen molar-refractivity contribution in [3.8, 4) is 5.82 Å². The molecule has 3 aromatic heterocycles. The van der Waals surface area contributed by atoms with E-state index in [-0.39, 0.29) is 12.3 Å². The molecule has 7 nitrogen and oxygen atoms in total. The molecule has 2 N–H and O–H groups in total. The number of fused-ring (bicyclic) bond motifs is 1. The van der Waals surface area contributed by atoms with Crippen molar-refractivity contribution in [3.05, 3.63) is 67.0 Å². The van der Waals surface area contributed by atoms with Crippen LogP contribution in [0.25, 0.3) is 16.7 Å². The van der Waals surface area contributed by atoms with Crippen LogP contribution in [-0.4, -0.2) is 30.6 Å². The number of para-hydroxylation sites is 1. The van der Waals surface area contributed by atoms with Gasteiger partial charge >= 0.3 is 0 Å². The molecule has 0 saturated heterocycles. The van der Waals surface area contributed by atoms with Gasteiger partial charge in [0.1, 0.15) is 12.7 Å². The minimum atomic E-state index is -0.117. The monoisotopic (exact) mass is 318 g/mol. The number of amides is 1. The minimum absolute atomic E-state index is 0.117. The number of carbonyl (C=O) groups is 1. The Balaban J connectivity index is 1.57. The zero-order chi connectivity index (χ0) is 16.4. The van der Waals surface area contributed by atoms with Crippen LogP contribution < -0.4 is 5.32 Å². The van der Waals surface area contributed by atoms with Crippen molar-refractivity contribution < 1.29 is 4.79 Å². The summed E-state index contributed by atoms with van der Waals surface area (Å²) in [6, 6.07) is 11.5. The number of hydrogen-bond donors (Lipinski definition) is 2. The van der Waals surface area contributed by atoms with Crippen LogP contribution in [0, 0.1) is 0 Å². The van der Waals surface area contributed by atoms with Crippen molar-refractivity contribution in [2.24, 2.45) is 0 Å². The first-order valence-electron chi connectivity index (χ1n) is 7.46. The summed E-state index contributed by atoms with van der Waals surface area (Å²) < 4.78 is 1.52. The zero-order valence-corrected chi connectivity index (χ0v) is 12.7. The number of hydrogen-bond acceptors (Lipinski definition) is 4. The number of aromatic amines is 1. The van der Waals surface area contributed by atoms with Crippen molar-refractivity contribution in [2.45, 2.75) is 6.42 Å². The number of pyridine rings is 1. The van der Waals surface area contributed by atoms with Gasteiger partial charge in [-0.05, 0) is 23.8 Å². The van der Waals surface area contributed by atoms with Gasteiger partial charge in [-0.2, -0.15) is 5.10 Å². The molecule has 0 radical (unpaired) electrons. The number of aromatic nitrogens is 5. The fraction of sp³-hybridized carbons (Fsp3) is 0.0588. The third-order valence-corrected chi connectivity index (χ3v) is 3.72. The van der Waals surface area contributed by atoms with Gasteiger partial charge in [0, 0.05) is 23.3 Å². The maximum atomic E-state index is 12.4. The second kappa shape index (κ2) is 5.96. The van der Waals surface area contributed by atoms with E-state index in [4.69, 9.17) is 0 Å². The average Bonchev–Trinajstić information content (AvgIpc) is 3.26. The third-order valence-electron chi connectivity index (χ3n) is 3.72. The molecule has 118 valence electrons. The number of benzene rings is 1.